The Hall–Kier alpha value is -1.43. The second-order valence-corrected chi connectivity index (χ2v) is 7.52. The van der Waals surface area contributed by atoms with Gasteiger partial charge in [0.1, 0.15) is 12.1 Å². The van der Waals surface area contributed by atoms with Crippen molar-refractivity contribution in [1.82, 2.24) is 15.2 Å². The Morgan fingerprint density at radius 1 is 1.38 bits per heavy atom. The predicted molar refractivity (Wildman–Crippen MR) is 82.7 cm³/mol. The van der Waals surface area contributed by atoms with Crippen LogP contribution < -0.4 is 5.32 Å². The van der Waals surface area contributed by atoms with Crippen LogP contribution in [-0.4, -0.2) is 33.8 Å². The van der Waals surface area contributed by atoms with Crippen LogP contribution in [-0.2, 0) is 16.1 Å². The first-order valence-corrected chi connectivity index (χ1v) is 8.20. The van der Waals surface area contributed by atoms with Crippen molar-refractivity contribution in [1.29, 1.82) is 0 Å². The summed E-state index contributed by atoms with van der Waals surface area (Å²) in [6.45, 7) is 8.45. The van der Waals surface area contributed by atoms with Gasteiger partial charge in [-0.25, -0.2) is 0 Å². The van der Waals surface area contributed by atoms with Crippen molar-refractivity contribution >= 4 is 23.2 Å². The molecular formula is C15H23N3O2S. The van der Waals surface area contributed by atoms with Gasteiger partial charge >= 0.3 is 0 Å². The molecule has 1 fully saturated rings. The molecule has 2 unspecified atom stereocenters. The van der Waals surface area contributed by atoms with Crippen LogP contribution in [0, 0.1) is 5.41 Å². The first-order valence-electron chi connectivity index (χ1n) is 7.32. The Bertz CT molecular complexity index is 507. The third-order valence-electron chi connectivity index (χ3n) is 3.66. The van der Waals surface area contributed by atoms with Gasteiger partial charge in [-0.2, -0.15) is 0 Å². The van der Waals surface area contributed by atoms with Crippen LogP contribution in [0.1, 0.15) is 45.4 Å². The number of rotatable bonds is 4. The van der Waals surface area contributed by atoms with E-state index in [2.05, 4.69) is 10.3 Å². The number of hydrogen-bond donors (Lipinski definition) is 1. The molecule has 2 rings (SSSR count). The molecule has 21 heavy (non-hydrogen) atoms. The third kappa shape index (κ3) is 3.43. The second-order valence-electron chi connectivity index (χ2n) is 6.55. The lowest BCUT2D eigenvalue weighted by Gasteiger charge is -2.44. The molecule has 1 aromatic rings. The molecule has 1 aliphatic heterocycles. The van der Waals surface area contributed by atoms with Crippen molar-refractivity contribution in [2.75, 3.05) is 0 Å². The first-order chi connectivity index (χ1) is 9.84. The summed E-state index contributed by atoms with van der Waals surface area (Å²) < 4.78 is 0. The minimum absolute atomic E-state index is 0.0183. The maximum absolute atomic E-state index is 12.7. The molecule has 0 spiro atoms. The largest absolute Gasteiger partial charge is 0.342 e. The number of carbonyl (C=O) groups is 2. The van der Waals surface area contributed by atoms with E-state index < -0.39 is 12.1 Å². The second kappa shape index (κ2) is 6.13. The van der Waals surface area contributed by atoms with E-state index in [0.717, 1.165) is 11.3 Å². The van der Waals surface area contributed by atoms with Gasteiger partial charge in [0.2, 0.25) is 11.8 Å². The molecule has 1 aromatic heterocycles. The van der Waals surface area contributed by atoms with Gasteiger partial charge < -0.3 is 10.2 Å². The van der Waals surface area contributed by atoms with Crippen LogP contribution in [0.5, 0.6) is 0 Å². The summed E-state index contributed by atoms with van der Waals surface area (Å²) in [5.41, 5.74) is 1.45. The number of amides is 2. The van der Waals surface area contributed by atoms with Crippen LogP contribution in [0.15, 0.2) is 11.7 Å². The van der Waals surface area contributed by atoms with Crippen molar-refractivity contribution in [3.05, 3.63) is 16.6 Å². The van der Waals surface area contributed by atoms with Gasteiger partial charge in [0.05, 0.1) is 12.1 Å². The summed E-state index contributed by atoms with van der Waals surface area (Å²) >= 11 is 1.51. The number of aromatic nitrogens is 1. The monoisotopic (exact) mass is 309 g/mol. The smallest absolute Gasteiger partial charge is 0.246 e. The molecule has 1 N–H and O–H groups in total. The van der Waals surface area contributed by atoms with Crippen LogP contribution in [0.3, 0.4) is 0 Å². The molecule has 0 aliphatic carbocycles. The molecule has 5 nitrogen and oxygen atoms in total. The third-order valence-corrected chi connectivity index (χ3v) is 4.43. The zero-order chi connectivity index (χ0) is 15.6. The molecule has 116 valence electrons. The van der Waals surface area contributed by atoms with Crippen molar-refractivity contribution in [3.8, 4) is 0 Å². The lowest BCUT2D eigenvalue weighted by atomic mass is 9.82. The van der Waals surface area contributed by atoms with Crippen LogP contribution in [0.25, 0.3) is 0 Å². The summed E-state index contributed by atoms with van der Waals surface area (Å²) in [5.74, 6) is -0.0326. The van der Waals surface area contributed by atoms with Crippen molar-refractivity contribution < 1.29 is 9.59 Å². The van der Waals surface area contributed by atoms with Crippen molar-refractivity contribution in [2.45, 2.75) is 59.2 Å². The van der Waals surface area contributed by atoms with Crippen molar-refractivity contribution in [3.63, 3.8) is 0 Å². The number of nitrogens with zero attached hydrogens (tertiary/aromatic N) is 2. The van der Waals surface area contributed by atoms with Gasteiger partial charge in [0.15, 0.2) is 0 Å². The van der Waals surface area contributed by atoms with E-state index in [-0.39, 0.29) is 17.2 Å². The quantitative estimate of drug-likeness (QED) is 0.927. The van der Waals surface area contributed by atoms with Crippen LogP contribution in [0.2, 0.25) is 0 Å². The fraction of sp³-hybridized carbons (Fsp3) is 0.667. The van der Waals surface area contributed by atoms with Gasteiger partial charge in [-0.1, -0.05) is 34.1 Å². The fourth-order valence-electron chi connectivity index (χ4n) is 2.78. The number of piperazine rings is 1. The molecule has 2 heterocycles. The molecule has 0 radical (unpaired) electrons. The number of nitrogens with one attached hydrogen (secondary N) is 1. The molecule has 1 saturated heterocycles. The zero-order valence-electron chi connectivity index (χ0n) is 13.0. The summed E-state index contributed by atoms with van der Waals surface area (Å²) in [4.78, 5) is 32.0. The highest BCUT2D eigenvalue weighted by Gasteiger charge is 2.45. The summed E-state index contributed by atoms with van der Waals surface area (Å²) in [6, 6.07) is -0.839. The van der Waals surface area contributed by atoms with Crippen LogP contribution >= 0.6 is 11.3 Å². The Kier molecular flexibility index (Phi) is 4.66. The topological polar surface area (TPSA) is 62.3 Å². The van der Waals surface area contributed by atoms with E-state index in [9.17, 15) is 9.59 Å². The van der Waals surface area contributed by atoms with E-state index in [4.69, 9.17) is 0 Å². The molecule has 0 aromatic carbocycles. The molecular weight excluding hydrogens is 286 g/mol. The van der Waals surface area contributed by atoms with Gasteiger partial charge in [0, 0.05) is 11.1 Å². The average Bonchev–Trinajstić information content (AvgIpc) is 2.86. The minimum atomic E-state index is -0.444. The predicted octanol–water partition coefficient (Wildman–Crippen LogP) is 2.18. The average molecular weight is 309 g/mol. The van der Waals surface area contributed by atoms with Gasteiger partial charge in [-0.15, -0.1) is 11.3 Å². The number of thiazole rings is 1. The van der Waals surface area contributed by atoms with E-state index >= 15 is 0 Å². The normalized spacial score (nSPS) is 23.3. The maximum atomic E-state index is 12.7. The summed E-state index contributed by atoms with van der Waals surface area (Å²) in [6.07, 6.45) is 3.31. The standard InChI is InChI=1S/C15H23N3O2S/c1-5-6-11-14(20)18(8-10-7-16-9-21-10)12(13(19)17-11)15(2,3)4/h7,9,11-12H,5-6,8H2,1-4H3,(H,17,19). The Balaban J connectivity index is 2.30. The van der Waals surface area contributed by atoms with E-state index in [1.54, 1.807) is 16.6 Å². The Morgan fingerprint density at radius 2 is 2.10 bits per heavy atom. The highest BCUT2D eigenvalue weighted by molar-refractivity contribution is 7.09. The van der Waals surface area contributed by atoms with Gasteiger partial charge in [-0.3, -0.25) is 14.6 Å². The minimum Gasteiger partial charge on any atom is -0.342 e. The highest BCUT2D eigenvalue weighted by Crippen LogP contribution is 2.30. The highest BCUT2D eigenvalue weighted by atomic mass is 32.1. The molecule has 0 bridgehead atoms. The summed E-state index contributed by atoms with van der Waals surface area (Å²) in [5, 5.41) is 2.89. The molecule has 6 heteroatoms. The van der Waals surface area contributed by atoms with Gasteiger partial charge in [-0.05, 0) is 11.8 Å². The van der Waals surface area contributed by atoms with E-state index in [0.29, 0.717) is 13.0 Å². The van der Waals surface area contributed by atoms with E-state index in [1.807, 2.05) is 27.7 Å². The van der Waals surface area contributed by atoms with E-state index in [1.165, 1.54) is 11.3 Å². The Labute approximate surface area is 129 Å². The maximum Gasteiger partial charge on any atom is 0.246 e. The van der Waals surface area contributed by atoms with Crippen LogP contribution in [0.4, 0.5) is 0 Å². The SMILES string of the molecule is CCCC1NC(=O)C(C(C)(C)C)N(Cc2cncs2)C1=O. The molecule has 0 saturated carbocycles. The molecule has 2 amide bonds. The fourth-order valence-corrected chi connectivity index (χ4v) is 3.38. The number of hydrogen-bond acceptors (Lipinski definition) is 4. The Morgan fingerprint density at radius 3 is 2.62 bits per heavy atom. The molecule has 1 aliphatic rings. The zero-order valence-corrected chi connectivity index (χ0v) is 13.9. The van der Waals surface area contributed by atoms with Crippen molar-refractivity contribution in [2.24, 2.45) is 5.41 Å². The first kappa shape index (κ1) is 15.9. The lowest BCUT2D eigenvalue weighted by molar-refractivity contribution is -0.154. The molecule has 2 atom stereocenters. The van der Waals surface area contributed by atoms with Gasteiger partial charge in [0.25, 0.3) is 0 Å². The lowest BCUT2D eigenvalue weighted by Crippen LogP contribution is -2.66. The number of carbonyl (C=O) groups excluding carboxylic acids is 2. The summed E-state index contributed by atoms with van der Waals surface area (Å²) in [7, 11) is 0.